The third kappa shape index (κ3) is 3.36. The summed E-state index contributed by atoms with van der Waals surface area (Å²) in [4.78, 5) is 20.1. The number of nitro benzene ring substituents is 1. The van der Waals surface area contributed by atoms with Gasteiger partial charge < -0.3 is 5.11 Å². The van der Waals surface area contributed by atoms with E-state index in [0.717, 1.165) is 6.07 Å². The van der Waals surface area contributed by atoms with Crippen LogP contribution < -0.4 is 0 Å². The van der Waals surface area contributed by atoms with Crippen molar-refractivity contribution >= 4 is 24.3 Å². The molecule has 0 saturated heterocycles. The first-order chi connectivity index (χ1) is 6.00. The van der Waals surface area contributed by atoms with Gasteiger partial charge in [-0.1, -0.05) is 12.1 Å². The molecule has 0 bridgehead atoms. The normalized spacial score (nSPS) is 8.93. The second kappa shape index (κ2) is 5.43. The summed E-state index contributed by atoms with van der Waals surface area (Å²) in [5.41, 5.74) is -0.569. The van der Waals surface area contributed by atoms with Crippen molar-refractivity contribution in [3.05, 3.63) is 33.9 Å². The van der Waals surface area contributed by atoms with Crippen molar-refractivity contribution < 1.29 is 47.5 Å². The summed E-state index contributed by atoms with van der Waals surface area (Å²) < 4.78 is 0. The smallest absolute Gasteiger partial charge is 0.311 e. The molecule has 1 aromatic rings. The fourth-order valence-corrected chi connectivity index (χ4v) is 1.02. The molecule has 0 fully saturated rings. The maximum Gasteiger partial charge on any atom is 0.311 e. The van der Waals surface area contributed by atoms with Gasteiger partial charge in [-0.3, -0.25) is 10.1 Å². The molecule has 0 aliphatic rings. The molecule has 14 heavy (non-hydrogen) atoms. The van der Waals surface area contributed by atoms with Crippen LogP contribution >= 0.6 is 12.6 Å². The molecule has 0 amide bonds. The van der Waals surface area contributed by atoms with Gasteiger partial charge in [0.2, 0.25) is 0 Å². The van der Waals surface area contributed by atoms with Crippen molar-refractivity contribution in [3.8, 4) is 0 Å². The Labute approximate surface area is 110 Å². The van der Waals surface area contributed by atoms with E-state index < -0.39 is 16.6 Å². The summed E-state index contributed by atoms with van der Waals surface area (Å²) in [5.74, 6) is -1.23. The first kappa shape index (κ1) is 13.5. The Morgan fingerprint density at radius 2 is 2.14 bits per heavy atom. The zero-order valence-corrected chi connectivity index (χ0v) is 10.5. The number of carboxylic acids is 1. The zero-order chi connectivity index (χ0) is 10.0. The van der Waals surface area contributed by atoms with Crippen LogP contribution in [0.5, 0.6) is 0 Å². The van der Waals surface area contributed by atoms with E-state index in [4.69, 9.17) is 5.11 Å². The maximum absolute atomic E-state index is 10.5. The average Bonchev–Trinajstić information content (AvgIpc) is 2.03. The number of thiol groups is 1. The summed E-state index contributed by atoms with van der Waals surface area (Å²) in [6.45, 7) is 0. The van der Waals surface area contributed by atoms with Crippen molar-refractivity contribution in [1.29, 1.82) is 0 Å². The standard InChI is InChI=1S/C7H4NO4S.Y/c9-7(10)4-1-5(8(11)12)3-6(13)2-4;/h1-2,13H,(H,9,10);/q-1;. The van der Waals surface area contributed by atoms with Crippen molar-refractivity contribution in [2.24, 2.45) is 0 Å². The molecule has 1 radical (unpaired) electrons. The number of rotatable bonds is 2. The Balaban J connectivity index is 0.00000169. The number of nitro groups is 1. The zero-order valence-electron chi connectivity index (χ0n) is 6.80. The molecule has 1 aromatic carbocycles. The molecule has 1 N–H and O–H groups in total. The predicted molar refractivity (Wildman–Crippen MR) is 46.1 cm³/mol. The largest absolute Gasteiger partial charge is 0.479 e. The van der Waals surface area contributed by atoms with Gasteiger partial charge in [-0.15, -0.1) is 11.0 Å². The van der Waals surface area contributed by atoms with Crippen LogP contribution in [0.15, 0.2) is 17.0 Å². The SMILES string of the molecule is O=C(O)c1cc(S)[c-]c([N+](=O)[O-])c1.[Y]. The molecule has 71 valence electrons. The predicted octanol–water partition coefficient (Wildman–Crippen LogP) is 1.38. The van der Waals surface area contributed by atoms with E-state index in [0.29, 0.717) is 0 Å². The molecule has 5 nitrogen and oxygen atoms in total. The minimum absolute atomic E-state index is 0. The molecule has 0 atom stereocenters. The summed E-state index contributed by atoms with van der Waals surface area (Å²) in [6.07, 6.45) is 0. The van der Waals surface area contributed by atoms with Crippen molar-refractivity contribution in [3.63, 3.8) is 0 Å². The van der Waals surface area contributed by atoms with Gasteiger partial charge in [0, 0.05) is 37.6 Å². The summed E-state index contributed by atoms with van der Waals surface area (Å²) in [6, 6.07) is 4.43. The number of hydrogen-bond acceptors (Lipinski definition) is 4. The van der Waals surface area contributed by atoms with Gasteiger partial charge in [-0.2, -0.15) is 12.6 Å². The number of aromatic carboxylic acids is 1. The molecule has 0 aliphatic carbocycles. The second-order valence-electron chi connectivity index (χ2n) is 2.20. The van der Waals surface area contributed by atoms with E-state index >= 15 is 0 Å². The van der Waals surface area contributed by atoms with Crippen LogP contribution in [-0.4, -0.2) is 16.0 Å². The summed E-state index contributed by atoms with van der Waals surface area (Å²) in [7, 11) is 0. The number of hydrogen-bond donors (Lipinski definition) is 2. The van der Waals surface area contributed by atoms with Crippen molar-refractivity contribution in [1.82, 2.24) is 0 Å². The Bertz CT molecular complexity index is 350. The summed E-state index contributed by atoms with van der Waals surface area (Å²) >= 11 is 3.79. The first-order valence-corrected chi connectivity index (χ1v) is 3.59. The molecular formula is C7H4NO4SY-. The van der Waals surface area contributed by atoms with Crippen LogP contribution in [0.2, 0.25) is 0 Å². The van der Waals surface area contributed by atoms with Gasteiger partial charge in [-0.05, 0) is 5.56 Å². The van der Waals surface area contributed by atoms with E-state index in [9.17, 15) is 14.9 Å². The molecule has 0 saturated carbocycles. The second-order valence-corrected chi connectivity index (χ2v) is 2.68. The molecule has 1 rings (SSSR count). The number of benzene rings is 1. The molecular weight excluding hydrogens is 283 g/mol. The minimum atomic E-state index is -1.23. The number of non-ortho nitro benzene ring substituents is 1. The third-order valence-electron chi connectivity index (χ3n) is 1.28. The first-order valence-electron chi connectivity index (χ1n) is 3.14. The van der Waals surface area contributed by atoms with Gasteiger partial charge >= 0.3 is 5.97 Å². The molecule has 0 spiro atoms. The topological polar surface area (TPSA) is 80.4 Å². The fourth-order valence-electron chi connectivity index (χ4n) is 0.761. The van der Waals surface area contributed by atoms with Crippen molar-refractivity contribution in [2.45, 2.75) is 4.90 Å². The van der Waals surface area contributed by atoms with Crippen LogP contribution in [0.4, 0.5) is 5.69 Å². The Hall–Kier alpha value is -0.456. The van der Waals surface area contributed by atoms with Crippen LogP contribution in [0.25, 0.3) is 0 Å². The van der Waals surface area contributed by atoms with Gasteiger partial charge in [0.15, 0.2) is 5.69 Å². The molecule has 0 aromatic heterocycles. The Kier molecular flexibility index (Phi) is 5.25. The Morgan fingerprint density at radius 1 is 1.57 bits per heavy atom. The van der Waals surface area contributed by atoms with E-state index in [2.05, 4.69) is 18.7 Å². The Morgan fingerprint density at radius 3 is 2.57 bits per heavy atom. The van der Waals surface area contributed by atoms with Crippen LogP contribution in [0.1, 0.15) is 10.4 Å². The quantitative estimate of drug-likeness (QED) is 0.373. The maximum atomic E-state index is 10.5. The van der Waals surface area contributed by atoms with Gasteiger partial charge in [0.1, 0.15) is 0 Å². The van der Waals surface area contributed by atoms with E-state index in [1.807, 2.05) is 0 Å². The van der Waals surface area contributed by atoms with Crippen LogP contribution in [0, 0.1) is 16.2 Å². The molecule has 0 aliphatic heterocycles. The van der Waals surface area contributed by atoms with Crippen LogP contribution in [0.3, 0.4) is 0 Å². The number of nitrogens with zero attached hydrogens (tertiary/aromatic N) is 1. The van der Waals surface area contributed by atoms with Crippen LogP contribution in [-0.2, 0) is 32.7 Å². The van der Waals surface area contributed by atoms with Gasteiger partial charge in [-0.25, -0.2) is 4.79 Å². The summed E-state index contributed by atoms with van der Waals surface area (Å²) in [5, 5.41) is 18.8. The molecule has 0 heterocycles. The minimum Gasteiger partial charge on any atom is -0.479 e. The monoisotopic (exact) mass is 287 g/mol. The van der Waals surface area contributed by atoms with E-state index in [1.165, 1.54) is 6.07 Å². The third-order valence-corrected chi connectivity index (χ3v) is 1.53. The average molecular weight is 287 g/mol. The molecule has 0 unspecified atom stereocenters. The number of carbonyl (C=O) groups is 1. The van der Waals surface area contributed by atoms with Gasteiger partial charge in [0.05, 0.1) is 0 Å². The fraction of sp³-hybridized carbons (Fsp3) is 0. The molecule has 7 heteroatoms. The van der Waals surface area contributed by atoms with Gasteiger partial charge in [0.25, 0.3) is 0 Å². The van der Waals surface area contributed by atoms with Crippen molar-refractivity contribution in [2.75, 3.05) is 0 Å². The van der Waals surface area contributed by atoms with E-state index in [1.54, 1.807) is 0 Å². The number of carboxylic acid groups (broad SMARTS) is 1. The van der Waals surface area contributed by atoms with E-state index in [-0.39, 0.29) is 43.2 Å².